The molecule has 5 heteroatoms. The van der Waals surface area contributed by atoms with Crippen molar-refractivity contribution < 1.29 is 10.0 Å². The van der Waals surface area contributed by atoms with E-state index in [1.807, 2.05) is 30.3 Å². The van der Waals surface area contributed by atoms with Crippen LogP contribution in [0.2, 0.25) is 0 Å². The summed E-state index contributed by atoms with van der Waals surface area (Å²) in [6.45, 7) is 0. The zero-order valence-electron chi connectivity index (χ0n) is 12.6. The number of nitrogens with two attached hydrogens (primary N) is 1. The molecular formula is C17H23N3O2. The Hall–Kier alpha value is -2.14. The van der Waals surface area contributed by atoms with Crippen LogP contribution in [-0.2, 0) is 4.79 Å². The number of hydroxylamine groups is 1. The van der Waals surface area contributed by atoms with Gasteiger partial charge in [0.1, 0.15) is 0 Å². The maximum Gasteiger partial charge on any atom is 0.247 e. The van der Waals surface area contributed by atoms with Gasteiger partial charge in [-0.1, -0.05) is 49.6 Å². The summed E-state index contributed by atoms with van der Waals surface area (Å²) in [7, 11) is 0. The first-order valence-electron chi connectivity index (χ1n) is 7.69. The number of rotatable bonds is 5. The van der Waals surface area contributed by atoms with Crippen molar-refractivity contribution in [1.82, 2.24) is 5.48 Å². The molecule has 0 spiro atoms. The van der Waals surface area contributed by atoms with Crippen molar-refractivity contribution in [1.29, 1.82) is 5.41 Å². The minimum absolute atomic E-state index is 0.0768. The topological polar surface area (TPSA) is 99.2 Å². The molecule has 1 aromatic rings. The van der Waals surface area contributed by atoms with Gasteiger partial charge in [-0.2, -0.15) is 0 Å². The van der Waals surface area contributed by atoms with Gasteiger partial charge >= 0.3 is 0 Å². The molecule has 2 rings (SSSR count). The van der Waals surface area contributed by atoms with Crippen molar-refractivity contribution in [2.45, 2.75) is 38.5 Å². The van der Waals surface area contributed by atoms with E-state index in [9.17, 15) is 4.79 Å². The van der Waals surface area contributed by atoms with Crippen LogP contribution in [0.15, 0.2) is 35.9 Å². The van der Waals surface area contributed by atoms with Gasteiger partial charge < -0.3 is 11.1 Å². The summed E-state index contributed by atoms with van der Waals surface area (Å²) in [5.74, 6) is -0.396. The highest BCUT2D eigenvalue weighted by atomic mass is 16.5. The summed E-state index contributed by atoms with van der Waals surface area (Å²) in [6.07, 6.45) is 5.27. The quantitative estimate of drug-likeness (QED) is 0.382. The van der Waals surface area contributed by atoms with Crippen molar-refractivity contribution >= 4 is 17.3 Å². The third-order valence-corrected chi connectivity index (χ3v) is 4.21. The van der Waals surface area contributed by atoms with Crippen LogP contribution in [0.25, 0.3) is 5.70 Å². The third-order valence-electron chi connectivity index (χ3n) is 4.21. The van der Waals surface area contributed by atoms with Gasteiger partial charge in [-0.3, -0.25) is 10.0 Å². The molecule has 1 fully saturated rings. The van der Waals surface area contributed by atoms with Gasteiger partial charge in [-0.15, -0.1) is 0 Å². The number of carbonyl (C=O) groups is 1. The number of carbonyl (C=O) groups excluding carboxylic acids is 1. The maximum absolute atomic E-state index is 11.6. The van der Waals surface area contributed by atoms with E-state index in [1.54, 1.807) is 5.48 Å². The maximum atomic E-state index is 11.6. The summed E-state index contributed by atoms with van der Waals surface area (Å²) in [6, 6.07) is 9.36. The van der Waals surface area contributed by atoms with Gasteiger partial charge in [0.25, 0.3) is 0 Å². The van der Waals surface area contributed by atoms with Crippen LogP contribution in [0.3, 0.4) is 0 Å². The van der Waals surface area contributed by atoms with Crippen LogP contribution in [-0.4, -0.2) is 16.8 Å². The zero-order chi connectivity index (χ0) is 15.9. The lowest BCUT2D eigenvalue weighted by Crippen LogP contribution is -2.26. The Labute approximate surface area is 130 Å². The fraction of sp³-hybridized carbons (Fsp3) is 0.412. The molecule has 0 bridgehead atoms. The minimum Gasteiger partial charge on any atom is -0.398 e. The Morgan fingerprint density at radius 2 is 1.86 bits per heavy atom. The van der Waals surface area contributed by atoms with E-state index >= 15 is 0 Å². The molecule has 5 nitrogen and oxygen atoms in total. The second kappa shape index (κ2) is 7.75. The van der Waals surface area contributed by atoms with E-state index < -0.39 is 5.91 Å². The summed E-state index contributed by atoms with van der Waals surface area (Å²) in [5.41, 5.74) is 10.1. The minimum atomic E-state index is -0.547. The normalized spacial score (nSPS) is 16.8. The van der Waals surface area contributed by atoms with E-state index in [1.165, 1.54) is 6.42 Å². The summed E-state index contributed by atoms with van der Waals surface area (Å²) < 4.78 is 0. The van der Waals surface area contributed by atoms with E-state index in [0.29, 0.717) is 17.0 Å². The van der Waals surface area contributed by atoms with E-state index in [-0.39, 0.29) is 12.3 Å². The molecule has 1 aliphatic rings. The highest BCUT2D eigenvalue weighted by Gasteiger charge is 2.24. The first-order chi connectivity index (χ1) is 10.6. The monoisotopic (exact) mass is 301 g/mol. The predicted molar refractivity (Wildman–Crippen MR) is 86.4 cm³/mol. The van der Waals surface area contributed by atoms with Crippen molar-refractivity contribution in [3.05, 3.63) is 41.5 Å². The molecule has 1 aromatic carbocycles. The average Bonchev–Trinajstić information content (AvgIpc) is 2.59. The van der Waals surface area contributed by atoms with Gasteiger partial charge in [0.05, 0.1) is 6.42 Å². The predicted octanol–water partition coefficient (Wildman–Crippen LogP) is 2.85. The molecule has 22 heavy (non-hydrogen) atoms. The molecule has 0 unspecified atom stereocenters. The first kappa shape index (κ1) is 16.2. The molecule has 0 atom stereocenters. The van der Waals surface area contributed by atoms with Crippen LogP contribution in [0, 0.1) is 11.3 Å². The van der Waals surface area contributed by atoms with Gasteiger partial charge in [0.2, 0.25) is 5.91 Å². The van der Waals surface area contributed by atoms with E-state index in [2.05, 4.69) is 0 Å². The van der Waals surface area contributed by atoms with Crippen molar-refractivity contribution in [3.63, 3.8) is 0 Å². The highest BCUT2D eigenvalue weighted by Crippen LogP contribution is 2.29. The number of hydrogen-bond acceptors (Lipinski definition) is 4. The molecule has 1 saturated carbocycles. The summed E-state index contributed by atoms with van der Waals surface area (Å²) >= 11 is 0. The lowest BCUT2D eigenvalue weighted by molar-refractivity contribution is -0.128. The van der Waals surface area contributed by atoms with E-state index in [0.717, 1.165) is 31.2 Å². The van der Waals surface area contributed by atoms with Gasteiger partial charge in [0.15, 0.2) is 0 Å². The van der Waals surface area contributed by atoms with Crippen LogP contribution < -0.4 is 11.2 Å². The Morgan fingerprint density at radius 1 is 1.23 bits per heavy atom. The molecule has 1 aliphatic carbocycles. The van der Waals surface area contributed by atoms with Gasteiger partial charge in [-0.25, -0.2) is 5.48 Å². The van der Waals surface area contributed by atoms with Crippen LogP contribution in [0.5, 0.6) is 0 Å². The van der Waals surface area contributed by atoms with Crippen LogP contribution in [0.4, 0.5) is 0 Å². The van der Waals surface area contributed by atoms with Crippen LogP contribution >= 0.6 is 0 Å². The molecule has 0 aliphatic heterocycles. The second-order valence-corrected chi connectivity index (χ2v) is 5.72. The van der Waals surface area contributed by atoms with Gasteiger partial charge in [0, 0.05) is 22.9 Å². The molecule has 0 saturated heterocycles. The smallest absolute Gasteiger partial charge is 0.247 e. The Bertz CT molecular complexity index is 561. The molecule has 1 amide bonds. The first-order valence-corrected chi connectivity index (χ1v) is 7.69. The van der Waals surface area contributed by atoms with Crippen molar-refractivity contribution in [2.75, 3.05) is 0 Å². The molecule has 118 valence electrons. The Kier molecular flexibility index (Phi) is 5.72. The molecule has 5 N–H and O–H groups in total. The van der Waals surface area contributed by atoms with E-state index in [4.69, 9.17) is 16.4 Å². The Balaban J connectivity index is 2.33. The summed E-state index contributed by atoms with van der Waals surface area (Å²) in [4.78, 5) is 11.6. The standard InChI is InChI=1S/C17H23N3O2/c18-16(12-7-3-1-4-8-12)14(11-15(21)20-22)17(19)13-9-5-2-6-10-13/h1,3-4,7-8,13,19,22H,2,5-6,9-11,18H2,(H,20,21)/b16-14-,19-17?. The highest BCUT2D eigenvalue weighted by molar-refractivity contribution is 6.08. The Morgan fingerprint density at radius 3 is 2.45 bits per heavy atom. The fourth-order valence-electron chi connectivity index (χ4n) is 2.97. The molecule has 0 radical (unpaired) electrons. The summed E-state index contributed by atoms with van der Waals surface area (Å²) in [5, 5.41) is 17.3. The molecular weight excluding hydrogens is 278 g/mol. The lowest BCUT2D eigenvalue weighted by Gasteiger charge is -2.25. The number of amides is 1. The number of hydrogen-bond donors (Lipinski definition) is 4. The molecule has 0 aromatic heterocycles. The number of nitrogens with one attached hydrogen (secondary N) is 2. The molecule has 0 heterocycles. The second-order valence-electron chi connectivity index (χ2n) is 5.72. The van der Waals surface area contributed by atoms with Crippen molar-refractivity contribution in [3.8, 4) is 0 Å². The third kappa shape index (κ3) is 3.95. The largest absolute Gasteiger partial charge is 0.398 e. The SMILES string of the molecule is N=C(/C(CC(=O)NO)=C(\N)c1ccccc1)C1CCCCC1. The number of benzene rings is 1. The lowest BCUT2D eigenvalue weighted by atomic mass is 9.81. The fourth-order valence-corrected chi connectivity index (χ4v) is 2.97. The zero-order valence-corrected chi connectivity index (χ0v) is 12.6. The average molecular weight is 301 g/mol. The van der Waals surface area contributed by atoms with Crippen molar-refractivity contribution in [2.24, 2.45) is 11.7 Å². The van der Waals surface area contributed by atoms with Gasteiger partial charge in [-0.05, 0) is 18.4 Å². The van der Waals surface area contributed by atoms with Crippen LogP contribution in [0.1, 0.15) is 44.1 Å².